The molecule has 0 aliphatic heterocycles. The largest absolute Gasteiger partial charge is 0.461 e. The molecule has 124 valence electrons. The van der Waals surface area contributed by atoms with Gasteiger partial charge in [-0.15, -0.1) is 11.3 Å². The Labute approximate surface area is 139 Å². The van der Waals surface area contributed by atoms with Gasteiger partial charge in [0.25, 0.3) is 5.56 Å². The first-order valence-electron chi connectivity index (χ1n) is 8.18. The van der Waals surface area contributed by atoms with Crippen molar-refractivity contribution in [1.29, 1.82) is 0 Å². The molecule has 5 nitrogen and oxygen atoms in total. The van der Waals surface area contributed by atoms with E-state index in [0.717, 1.165) is 36.1 Å². The summed E-state index contributed by atoms with van der Waals surface area (Å²) in [5.41, 5.74) is 1.02. The van der Waals surface area contributed by atoms with E-state index in [1.165, 1.54) is 15.8 Å². The van der Waals surface area contributed by atoms with E-state index in [9.17, 15) is 9.59 Å². The van der Waals surface area contributed by atoms with Gasteiger partial charge in [0.05, 0.1) is 17.8 Å². The van der Waals surface area contributed by atoms with E-state index in [1.807, 2.05) is 13.8 Å². The Morgan fingerprint density at radius 2 is 2.35 bits per heavy atom. The van der Waals surface area contributed by atoms with Crippen LogP contribution in [0.5, 0.6) is 0 Å². The van der Waals surface area contributed by atoms with Crippen molar-refractivity contribution in [2.75, 3.05) is 0 Å². The summed E-state index contributed by atoms with van der Waals surface area (Å²) in [5, 5.41) is 0.704. The standard InChI is InChI=1S/C17H22N2O3S/c1-4-11(3)22-14(20)8-19-9-18-16-15(17(19)21)12-6-5-10(2)7-13(12)23-16/h9-11H,4-8H2,1-3H3/t10-,11-/m1/s1. The zero-order valence-electron chi connectivity index (χ0n) is 13.8. The Morgan fingerprint density at radius 3 is 3.09 bits per heavy atom. The van der Waals surface area contributed by atoms with Gasteiger partial charge in [0.1, 0.15) is 11.4 Å². The Morgan fingerprint density at radius 1 is 1.57 bits per heavy atom. The quantitative estimate of drug-likeness (QED) is 0.807. The third kappa shape index (κ3) is 3.17. The summed E-state index contributed by atoms with van der Waals surface area (Å²) < 4.78 is 6.63. The molecule has 2 atom stereocenters. The highest BCUT2D eigenvalue weighted by atomic mass is 32.1. The molecule has 23 heavy (non-hydrogen) atoms. The van der Waals surface area contributed by atoms with Gasteiger partial charge in [-0.05, 0) is 44.1 Å². The predicted molar refractivity (Wildman–Crippen MR) is 90.9 cm³/mol. The van der Waals surface area contributed by atoms with E-state index in [4.69, 9.17) is 4.74 Å². The van der Waals surface area contributed by atoms with Crippen LogP contribution in [-0.4, -0.2) is 21.6 Å². The number of carbonyl (C=O) groups is 1. The molecule has 0 saturated carbocycles. The summed E-state index contributed by atoms with van der Waals surface area (Å²) >= 11 is 1.62. The fraction of sp³-hybridized carbons (Fsp3) is 0.588. The number of esters is 1. The number of ether oxygens (including phenoxy) is 1. The molecule has 0 saturated heterocycles. The molecule has 2 heterocycles. The Kier molecular flexibility index (Phi) is 4.53. The summed E-state index contributed by atoms with van der Waals surface area (Å²) in [5.74, 6) is 0.267. The van der Waals surface area contributed by atoms with Crippen LogP contribution in [0.1, 0.15) is 44.1 Å². The minimum absolute atomic E-state index is 0.0763. The SMILES string of the molecule is CC[C@@H](C)OC(=O)Cn1cnc2sc3c(c2c1=O)CC[C@@H](C)C3. The minimum Gasteiger partial charge on any atom is -0.461 e. The highest BCUT2D eigenvalue weighted by Crippen LogP contribution is 2.35. The lowest BCUT2D eigenvalue weighted by Gasteiger charge is -2.17. The summed E-state index contributed by atoms with van der Waals surface area (Å²) in [6.07, 6.45) is 5.14. The maximum atomic E-state index is 12.8. The van der Waals surface area contributed by atoms with Crippen LogP contribution in [0.2, 0.25) is 0 Å². The number of fused-ring (bicyclic) bond motifs is 3. The van der Waals surface area contributed by atoms with Crippen LogP contribution in [0.15, 0.2) is 11.1 Å². The number of rotatable bonds is 4. The molecule has 0 spiro atoms. The average Bonchev–Trinajstić information content (AvgIpc) is 2.88. The molecule has 0 bridgehead atoms. The zero-order valence-corrected chi connectivity index (χ0v) is 14.6. The molecule has 3 rings (SSSR count). The van der Waals surface area contributed by atoms with Crippen molar-refractivity contribution in [3.05, 3.63) is 27.1 Å². The van der Waals surface area contributed by atoms with Gasteiger partial charge < -0.3 is 4.74 Å². The number of hydrogen-bond donors (Lipinski definition) is 0. The fourth-order valence-electron chi connectivity index (χ4n) is 2.96. The van der Waals surface area contributed by atoms with Gasteiger partial charge >= 0.3 is 5.97 Å². The minimum atomic E-state index is -0.389. The third-order valence-corrected chi connectivity index (χ3v) is 5.65. The van der Waals surface area contributed by atoms with Crippen LogP contribution in [0, 0.1) is 5.92 Å². The number of aromatic nitrogens is 2. The van der Waals surface area contributed by atoms with Crippen molar-refractivity contribution in [3.63, 3.8) is 0 Å². The number of aryl methyl sites for hydroxylation is 1. The summed E-state index contributed by atoms with van der Waals surface area (Å²) in [4.78, 5) is 31.2. The van der Waals surface area contributed by atoms with Crippen LogP contribution < -0.4 is 5.56 Å². The molecule has 0 unspecified atom stereocenters. The topological polar surface area (TPSA) is 61.2 Å². The smallest absolute Gasteiger partial charge is 0.326 e. The van der Waals surface area contributed by atoms with Crippen molar-refractivity contribution < 1.29 is 9.53 Å². The van der Waals surface area contributed by atoms with E-state index >= 15 is 0 Å². The summed E-state index contributed by atoms with van der Waals surface area (Å²) in [6.45, 7) is 5.96. The molecule has 1 aliphatic rings. The lowest BCUT2D eigenvalue weighted by atomic mass is 9.89. The first-order valence-corrected chi connectivity index (χ1v) is 9.00. The summed E-state index contributed by atoms with van der Waals surface area (Å²) in [6, 6.07) is 0. The second kappa shape index (κ2) is 6.43. The summed E-state index contributed by atoms with van der Waals surface area (Å²) in [7, 11) is 0. The monoisotopic (exact) mass is 334 g/mol. The van der Waals surface area contributed by atoms with Crippen molar-refractivity contribution >= 4 is 27.5 Å². The second-order valence-corrected chi connectivity index (χ2v) is 7.50. The van der Waals surface area contributed by atoms with Crippen LogP contribution in [-0.2, 0) is 28.9 Å². The fourth-order valence-corrected chi connectivity index (χ4v) is 4.30. The van der Waals surface area contributed by atoms with Crippen LogP contribution in [0.3, 0.4) is 0 Å². The highest BCUT2D eigenvalue weighted by molar-refractivity contribution is 7.18. The molecular weight excluding hydrogens is 312 g/mol. The number of carbonyl (C=O) groups excluding carboxylic acids is 1. The molecule has 0 amide bonds. The molecule has 0 aromatic carbocycles. The number of nitrogens with zero attached hydrogens (tertiary/aromatic N) is 2. The molecule has 0 fully saturated rings. The van der Waals surface area contributed by atoms with Crippen molar-refractivity contribution in [1.82, 2.24) is 9.55 Å². The van der Waals surface area contributed by atoms with Crippen LogP contribution in [0.25, 0.3) is 10.2 Å². The average molecular weight is 334 g/mol. The molecule has 0 N–H and O–H groups in total. The lowest BCUT2D eigenvalue weighted by molar-refractivity contribution is -0.149. The normalized spacial score (nSPS) is 18.7. The van der Waals surface area contributed by atoms with E-state index in [2.05, 4.69) is 11.9 Å². The molecular formula is C17H22N2O3S. The van der Waals surface area contributed by atoms with E-state index < -0.39 is 0 Å². The van der Waals surface area contributed by atoms with Gasteiger partial charge in [0, 0.05) is 4.88 Å². The first kappa shape index (κ1) is 16.2. The third-order valence-electron chi connectivity index (χ3n) is 4.49. The van der Waals surface area contributed by atoms with Crippen molar-refractivity contribution in [2.45, 2.75) is 59.1 Å². The first-order chi connectivity index (χ1) is 11.0. The van der Waals surface area contributed by atoms with Gasteiger partial charge in [-0.3, -0.25) is 14.2 Å². The molecule has 1 aliphatic carbocycles. The molecule has 2 aromatic heterocycles. The van der Waals surface area contributed by atoms with E-state index in [-0.39, 0.29) is 24.2 Å². The van der Waals surface area contributed by atoms with E-state index in [0.29, 0.717) is 11.3 Å². The van der Waals surface area contributed by atoms with Crippen molar-refractivity contribution in [2.24, 2.45) is 5.92 Å². The maximum absolute atomic E-state index is 12.8. The van der Waals surface area contributed by atoms with Gasteiger partial charge in [-0.25, -0.2) is 4.98 Å². The Bertz CT molecular complexity index is 793. The zero-order chi connectivity index (χ0) is 16.6. The number of hydrogen-bond acceptors (Lipinski definition) is 5. The van der Waals surface area contributed by atoms with Gasteiger partial charge in [0.15, 0.2) is 0 Å². The van der Waals surface area contributed by atoms with Gasteiger partial charge in [0.2, 0.25) is 0 Å². The molecule has 0 radical (unpaired) electrons. The number of thiophene rings is 1. The van der Waals surface area contributed by atoms with Gasteiger partial charge in [-0.2, -0.15) is 0 Å². The highest BCUT2D eigenvalue weighted by Gasteiger charge is 2.23. The lowest BCUT2D eigenvalue weighted by Crippen LogP contribution is -2.27. The Hall–Kier alpha value is -1.69. The predicted octanol–water partition coefficient (Wildman–Crippen LogP) is 2.92. The maximum Gasteiger partial charge on any atom is 0.326 e. The van der Waals surface area contributed by atoms with E-state index in [1.54, 1.807) is 11.3 Å². The van der Waals surface area contributed by atoms with Crippen LogP contribution >= 0.6 is 11.3 Å². The Balaban J connectivity index is 1.93. The van der Waals surface area contributed by atoms with Crippen molar-refractivity contribution in [3.8, 4) is 0 Å². The van der Waals surface area contributed by atoms with Gasteiger partial charge in [-0.1, -0.05) is 13.8 Å². The molecule has 6 heteroatoms. The second-order valence-electron chi connectivity index (χ2n) is 6.42. The molecule has 2 aromatic rings. The van der Waals surface area contributed by atoms with Crippen LogP contribution in [0.4, 0.5) is 0 Å².